The molecule has 1 fully saturated rings. The summed E-state index contributed by atoms with van der Waals surface area (Å²) in [7, 11) is 1.67. The summed E-state index contributed by atoms with van der Waals surface area (Å²) in [4.78, 5) is 16.7. The minimum Gasteiger partial charge on any atom is -0.504 e. The molecule has 2 aromatic rings. The van der Waals surface area contributed by atoms with E-state index in [1.54, 1.807) is 7.11 Å². The van der Waals surface area contributed by atoms with Gasteiger partial charge in [-0.3, -0.25) is 9.69 Å². The van der Waals surface area contributed by atoms with Gasteiger partial charge in [-0.15, -0.1) is 12.4 Å². The van der Waals surface area contributed by atoms with Crippen LogP contribution in [0.4, 0.5) is 5.69 Å². The average Bonchev–Trinajstić information content (AvgIpc) is 2.64. The van der Waals surface area contributed by atoms with Crippen molar-refractivity contribution in [3.05, 3.63) is 48.0 Å². The first-order valence-electron chi connectivity index (χ1n) is 8.24. The maximum atomic E-state index is 12.4. The van der Waals surface area contributed by atoms with Crippen LogP contribution in [0.15, 0.2) is 42.5 Å². The number of benzene rings is 2. The number of carbonyl (C=O) groups excluding carboxylic acids is 1. The monoisotopic (exact) mass is 378 g/mol. The van der Waals surface area contributed by atoms with Gasteiger partial charge in [0.25, 0.3) is 0 Å². The first kappa shape index (κ1) is 19.9. The summed E-state index contributed by atoms with van der Waals surface area (Å²) in [6.07, 6.45) is 0. The molecule has 2 aromatic carbocycles. The maximum Gasteiger partial charge on any atom is 0.176 e. The van der Waals surface area contributed by atoms with Crippen molar-refractivity contribution in [3.63, 3.8) is 0 Å². The van der Waals surface area contributed by atoms with Gasteiger partial charge in [0, 0.05) is 31.7 Å². The number of carbonyl (C=O) groups is 1. The third-order valence-corrected chi connectivity index (χ3v) is 4.46. The minimum atomic E-state index is -0.271. The highest BCUT2D eigenvalue weighted by atomic mass is 35.5. The van der Waals surface area contributed by atoms with E-state index in [-0.39, 0.29) is 29.7 Å². The van der Waals surface area contributed by atoms with Crippen molar-refractivity contribution >= 4 is 23.9 Å². The zero-order valence-corrected chi connectivity index (χ0v) is 15.4. The van der Waals surface area contributed by atoms with Crippen molar-refractivity contribution in [1.82, 2.24) is 4.90 Å². The second-order valence-corrected chi connectivity index (χ2v) is 6.06. The summed E-state index contributed by atoms with van der Waals surface area (Å²) in [6.45, 7) is 3.47. The van der Waals surface area contributed by atoms with Gasteiger partial charge in [-0.1, -0.05) is 12.1 Å². The van der Waals surface area contributed by atoms with Crippen molar-refractivity contribution in [2.45, 2.75) is 0 Å². The summed E-state index contributed by atoms with van der Waals surface area (Å²) in [5.74, 6) is 0.293. The van der Waals surface area contributed by atoms with E-state index in [2.05, 4.69) is 9.80 Å². The van der Waals surface area contributed by atoms with Crippen LogP contribution in [0.5, 0.6) is 17.2 Å². The van der Waals surface area contributed by atoms with Crippen LogP contribution in [-0.2, 0) is 0 Å². The van der Waals surface area contributed by atoms with Crippen LogP contribution in [0, 0.1) is 0 Å². The number of phenolic OH excluding ortho intramolecular Hbond substituents is 2. The Hall–Kier alpha value is -2.44. The molecule has 0 unspecified atom stereocenters. The number of ether oxygens (including phenoxy) is 1. The quantitative estimate of drug-likeness (QED) is 0.615. The van der Waals surface area contributed by atoms with Crippen LogP contribution in [0.25, 0.3) is 0 Å². The Morgan fingerprint density at radius 2 is 1.73 bits per heavy atom. The van der Waals surface area contributed by atoms with E-state index in [9.17, 15) is 15.0 Å². The molecule has 1 heterocycles. The molecule has 7 heteroatoms. The molecule has 0 bridgehead atoms. The van der Waals surface area contributed by atoms with Gasteiger partial charge in [-0.25, -0.2) is 0 Å². The van der Waals surface area contributed by atoms with Crippen molar-refractivity contribution in [2.24, 2.45) is 0 Å². The molecule has 3 rings (SSSR count). The molecular formula is C19H23ClN2O4. The summed E-state index contributed by atoms with van der Waals surface area (Å²) >= 11 is 0. The van der Waals surface area contributed by atoms with Gasteiger partial charge in [0.05, 0.1) is 19.3 Å². The van der Waals surface area contributed by atoms with Crippen LogP contribution < -0.4 is 9.64 Å². The summed E-state index contributed by atoms with van der Waals surface area (Å²) < 4.78 is 5.42. The molecule has 0 radical (unpaired) electrons. The maximum absolute atomic E-state index is 12.4. The number of methoxy groups -OCH3 is 1. The molecular weight excluding hydrogens is 356 g/mol. The van der Waals surface area contributed by atoms with Gasteiger partial charge >= 0.3 is 0 Å². The molecule has 26 heavy (non-hydrogen) atoms. The molecule has 140 valence electrons. The summed E-state index contributed by atoms with van der Waals surface area (Å²) in [6, 6.07) is 12.1. The lowest BCUT2D eigenvalue weighted by Gasteiger charge is -2.36. The number of hydrogen-bond donors (Lipinski definition) is 2. The predicted octanol–water partition coefficient (Wildman–Crippen LogP) is 2.53. The molecule has 1 aliphatic heterocycles. The van der Waals surface area contributed by atoms with Crippen LogP contribution in [0.3, 0.4) is 0 Å². The number of hydrogen-bond acceptors (Lipinski definition) is 6. The number of nitrogens with zero attached hydrogens (tertiary/aromatic N) is 2. The van der Waals surface area contributed by atoms with Gasteiger partial charge in [0.15, 0.2) is 17.3 Å². The number of rotatable bonds is 5. The van der Waals surface area contributed by atoms with E-state index in [4.69, 9.17) is 4.74 Å². The largest absolute Gasteiger partial charge is 0.504 e. The fraction of sp³-hybridized carbons (Fsp3) is 0.316. The molecule has 1 aliphatic rings. The highest BCUT2D eigenvalue weighted by Gasteiger charge is 2.21. The molecule has 0 aliphatic carbocycles. The third kappa shape index (κ3) is 4.39. The number of ketones is 1. The third-order valence-electron chi connectivity index (χ3n) is 4.46. The number of anilines is 1. The molecule has 0 saturated carbocycles. The van der Waals surface area contributed by atoms with E-state index in [0.717, 1.165) is 37.6 Å². The molecule has 6 nitrogen and oxygen atoms in total. The normalized spacial score (nSPS) is 14.6. The first-order chi connectivity index (χ1) is 12.1. The van der Waals surface area contributed by atoms with Crippen molar-refractivity contribution in [1.29, 1.82) is 0 Å². The highest BCUT2D eigenvalue weighted by molar-refractivity contribution is 5.98. The molecule has 0 atom stereocenters. The van der Waals surface area contributed by atoms with Crippen molar-refractivity contribution < 1.29 is 19.7 Å². The van der Waals surface area contributed by atoms with Crippen molar-refractivity contribution in [3.8, 4) is 17.2 Å². The van der Waals surface area contributed by atoms with Gasteiger partial charge in [0.1, 0.15) is 5.75 Å². The lowest BCUT2D eigenvalue weighted by molar-refractivity contribution is 0.0926. The fourth-order valence-corrected chi connectivity index (χ4v) is 3.03. The standard InChI is InChI=1S/C19H22N2O4.ClH/c1-25-19-5-3-2-4-15(19)21-10-8-20(9-11-21)13-18(24)14-6-7-16(22)17(23)12-14;/h2-7,12,22-23H,8-11,13H2,1H3;1H. The van der Waals surface area contributed by atoms with Crippen LogP contribution in [0.1, 0.15) is 10.4 Å². The van der Waals surface area contributed by atoms with Crippen LogP contribution in [-0.4, -0.2) is 60.7 Å². The number of phenols is 2. The SMILES string of the molecule is COc1ccccc1N1CCN(CC(=O)c2ccc(O)c(O)c2)CC1.Cl. The summed E-state index contributed by atoms with van der Waals surface area (Å²) in [5, 5.41) is 18.9. The number of Topliss-reactive ketones (excluding diaryl/α,β-unsaturated/α-hetero) is 1. The molecule has 0 spiro atoms. The number of halogens is 1. The van der Waals surface area contributed by atoms with E-state index in [1.165, 1.54) is 18.2 Å². The van der Waals surface area contributed by atoms with Gasteiger partial charge in [0.2, 0.25) is 0 Å². The lowest BCUT2D eigenvalue weighted by atomic mass is 10.1. The molecule has 0 amide bonds. The van der Waals surface area contributed by atoms with E-state index in [1.807, 2.05) is 24.3 Å². The summed E-state index contributed by atoms with van der Waals surface area (Å²) in [5.41, 5.74) is 1.47. The minimum absolute atomic E-state index is 0. The Bertz CT molecular complexity index is 761. The number of piperazine rings is 1. The average molecular weight is 379 g/mol. The lowest BCUT2D eigenvalue weighted by Crippen LogP contribution is -2.48. The van der Waals surface area contributed by atoms with E-state index < -0.39 is 0 Å². The van der Waals surface area contributed by atoms with Gasteiger partial charge < -0.3 is 19.8 Å². The molecule has 1 saturated heterocycles. The first-order valence-corrected chi connectivity index (χ1v) is 8.24. The Balaban J connectivity index is 0.00000243. The fourth-order valence-electron chi connectivity index (χ4n) is 3.03. The number of aromatic hydroxyl groups is 2. The van der Waals surface area contributed by atoms with E-state index in [0.29, 0.717) is 12.1 Å². The van der Waals surface area contributed by atoms with Crippen LogP contribution >= 0.6 is 12.4 Å². The highest BCUT2D eigenvalue weighted by Crippen LogP contribution is 2.28. The Kier molecular flexibility index (Phi) is 6.71. The number of para-hydroxylation sites is 2. The molecule has 2 N–H and O–H groups in total. The Labute approximate surface area is 159 Å². The molecule has 0 aromatic heterocycles. The Morgan fingerprint density at radius 1 is 1.04 bits per heavy atom. The van der Waals surface area contributed by atoms with Gasteiger partial charge in [-0.05, 0) is 30.3 Å². The van der Waals surface area contributed by atoms with Crippen LogP contribution in [0.2, 0.25) is 0 Å². The zero-order chi connectivity index (χ0) is 17.8. The predicted molar refractivity (Wildman–Crippen MR) is 103 cm³/mol. The topological polar surface area (TPSA) is 73.2 Å². The van der Waals surface area contributed by atoms with Gasteiger partial charge in [-0.2, -0.15) is 0 Å². The second-order valence-electron chi connectivity index (χ2n) is 6.06. The smallest absolute Gasteiger partial charge is 0.176 e. The van der Waals surface area contributed by atoms with Crippen molar-refractivity contribution in [2.75, 3.05) is 44.7 Å². The Morgan fingerprint density at radius 3 is 2.38 bits per heavy atom. The zero-order valence-electron chi connectivity index (χ0n) is 14.6. The second kappa shape index (κ2) is 8.78. The van der Waals surface area contributed by atoms with E-state index >= 15 is 0 Å².